The highest BCUT2D eigenvalue weighted by Gasteiger charge is 2.22. The molecule has 0 bridgehead atoms. The second kappa shape index (κ2) is 10.0. The van der Waals surface area contributed by atoms with E-state index in [1.807, 2.05) is 24.3 Å². The number of nitro groups is 1. The van der Waals surface area contributed by atoms with Crippen molar-refractivity contribution in [1.82, 2.24) is 9.97 Å². The van der Waals surface area contributed by atoms with Crippen LogP contribution in [0.5, 0.6) is 5.75 Å². The van der Waals surface area contributed by atoms with E-state index in [9.17, 15) is 14.9 Å². The molecule has 0 aliphatic heterocycles. The Labute approximate surface area is 183 Å². The number of non-ortho nitro benzene ring substituents is 1. The van der Waals surface area contributed by atoms with Crippen molar-refractivity contribution in [3.05, 3.63) is 75.5 Å². The zero-order valence-corrected chi connectivity index (χ0v) is 18.1. The topological polar surface area (TPSA) is 104 Å². The second-order valence-electron chi connectivity index (χ2n) is 6.48. The summed E-state index contributed by atoms with van der Waals surface area (Å²) in [4.78, 5) is 32.1. The van der Waals surface area contributed by atoms with Gasteiger partial charge in [0.2, 0.25) is 0 Å². The van der Waals surface area contributed by atoms with E-state index in [-0.39, 0.29) is 17.9 Å². The molecule has 9 heteroatoms. The molecule has 0 saturated carbocycles. The lowest BCUT2D eigenvalue weighted by Crippen LogP contribution is -2.12. The number of rotatable bonds is 8. The third-order valence-electron chi connectivity index (χ3n) is 4.43. The first kappa shape index (κ1) is 22.2. The predicted octanol–water partition coefficient (Wildman–Crippen LogP) is 4.84. The van der Waals surface area contributed by atoms with Crippen LogP contribution in [0.2, 0.25) is 0 Å². The van der Waals surface area contributed by atoms with Crippen molar-refractivity contribution >= 4 is 23.4 Å². The van der Waals surface area contributed by atoms with Gasteiger partial charge in [0.25, 0.3) is 5.69 Å². The summed E-state index contributed by atoms with van der Waals surface area (Å²) < 4.78 is 10.4. The molecule has 1 aromatic heterocycles. The number of hydrogen-bond donors (Lipinski definition) is 0. The number of esters is 1. The highest BCUT2D eigenvalue weighted by Crippen LogP contribution is 2.30. The van der Waals surface area contributed by atoms with Crippen LogP contribution in [-0.4, -0.2) is 34.6 Å². The van der Waals surface area contributed by atoms with Crippen molar-refractivity contribution in [2.45, 2.75) is 24.8 Å². The van der Waals surface area contributed by atoms with Crippen LogP contribution in [0.4, 0.5) is 5.69 Å². The minimum atomic E-state index is -0.528. The molecule has 1 heterocycles. The highest BCUT2D eigenvalue weighted by molar-refractivity contribution is 7.98. The monoisotopic (exact) mass is 439 g/mol. The summed E-state index contributed by atoms with van der Waals surface area (Å²) in [5.41, 5.74) is 2.73. The average Bonchev–Trinajstić information content (AvgIpc) is 2.77. The molecule has 0 amide bonds. The largest absolute Gasteiger partial charge is 0.497 e. The third-order valence-corrected chi connectivity index (χ3v) is 5.35. The summed E-state index contributed by atoms with van der Waals surface area (Å²) >= 11 is 1.43. The van der Waals surface area contributed by atoms with Crippen LogP contribution >= 0.6 is 11.8 Å². The maximum atomic E-state index is 12.6. The third kappa shape index (κ3) is 5.37. The van der Waals surface area contributed by atoms with Crippen LogP contribution in [-0.2, 0) is 10.5 Å². The van der Waals surface area contributed by atoms with Crippen LogP contribution in [0.1, 0.15) is 28.5 Å². The fourth-order valence-electron chi connectivity index (χ4n) is 2.88. The summed E-state index contributed by atoms with van der Waals surface area (Å²) in [5, 5.41) is 11.5. The number of aryl methyl sites for hydroxylation is 1. The Morgan fingerprint density at radius 1 is 1.10 bits per heavy atom. The van der Waals surface area contributed by atoms with Gasteiger partial charge in [0.15, 0.2) is 5.16 Å². The fourth-order valence-corrected chi connectivity index (χ4v) is 3.72. The molecule has 0 aliphatic carbocycles. The fraction of sp³-hybridized carbons (Fsp3) is 0.227. The number of carbonyl (C=O) groups excluding carboxylic acids is 1. The number of aromatic nitrogens is 2. The standard InChI is InChI=1S/C22H21N3O5S/c1-4-30-21(26)19-14(2)23-22(31-13-15-5-11-18(29-3)12-6-15)24-20(19)16-7-9-17(10-8-16)25(27)28/h5-12H,4,13H2,1-3H3. The van der Waals surface area contributed by atoms with Crippen molar-refractivity contribution in [2.24, 2.45) is 0 Å². The van der Waals surface area contributed by atoms with Crippen LogP contribution in [0.25, 0.3) is 11.3 Å². The molecular formula is C22H21N3O5S. The molecule has 0 radical (unpaired) electrons. The Bertz CT molecular complexity index is 1090. The molecule has 0 saturated heterocycles. The van der Waals surface area contributed by atoms with Crippen LogP contribution in [0.15, 0.2) is 53.7 Å². The van der Waals surface area contributed by atoms with Gasteiger partial charge in [0.05, 0.1) is 30.0 Å². The number of nitrogens with zero attached hydrogens (tertiary/aromatic N) is 3. The maximum Gasteiger partial charge on any atom is 0.342 e. The molecule has 0 fully saturated rings. The van der Waals surface area contributed by atoms with Gasteiger partial charge >= 0.3 is 5.97 Å². The molecule has 0 N–H and O–H groups in total. The van der Waals surface area contributed by atoms with Gasteiger partial charge in [-0.15, -0.1) is 0 Å². The van der Waals surface area contributed by atoms with E-state index in [1.165, 1.54) is 23.9 Å². The number of benzene rings is 2. The summed E-state index contributed by atoms with van der Waals surface area (Å²) in [6.45, 7) is 3.66. The number of nitro benzene ring substituents is 1. The van der Waals surface area contributed by atoms with E-state index in [4.69, 9.17) is 9.47 Å². The normalized spacial score (nSPS) is 10.5. The molecule has 2 aromatic carbocycles. The average molecular weight is 439 g/mol. The van der Waals surface area contributed by atoms with Gasteiger partial charge in [-0.3, -0.25) is 10.1 Å². The first-order chi connectivity index (χ1) is 14.9. The smallest absolute Gasteiger partial charge is 0.342 e. The van der Waals surface area contributed by atoms with Crippen LogP contribution < -0.4 is 4.74 Å². The lowest BCUT2D eigenvalue weighted by atomic mass is 10.0. The Morgan fingerprint density at radius 3 is 2.35 bits per heavy atom. The zero-order chi connectivity index (χ0) is 22.4. The molecule has 0 spiro atoms. The van der Waals surface area contributed by atoms with Crippen LogP contribution in [0.3, 0.4) is 0 Å². The van der Waals surface area contributed by atoms with Crippen molar-refractivity contribution in [3.63, 3.8) is 0 Å². The lowest BCUT2D eigenvalue weighted by Gasteiger charge is -2.13. The van der Waals surface area contributed by atoms with Gasteiger partial charge in [-0.25, -0.2) is 14.8 Å². The minimum absolute atomic E-state index is 0.0404. The predicted molar refractivity (Wildman–Crippen MR) is 117 cm³/mol. The summed E-state index contributed by atoms with van der Waals surface area (Å²) in [5.74, 6) is 0.877. The molecule has 3 aromatic rings. The number of methoxy groups -OCH3 is 1. The molecule has 160 valence electrons. The zero-order valence-electron chi connectivity index (χ0n) is 17.3. The van der Waals surface area contributed by atoms with E-state index in [0.29, 0.717) is 27.9 Å². The van der Waals surface area contributed by atoms with Gasteiger partial charge in [-0.05, 0) is 43.7 Å². The molecule has 0 unspecified atom stereocenters. The van der Waals surface area contributed by atoms with Gasteiger partial charge in [-0.2, -0.15) is 0 Å². The summed E-state index contributed by atoms with van der Waals surface area (Å²) in [6.07, 6.45) is 0. The van der Waals surface area contributed by atoms with E-state index in [2.05, 4.69) is 9.97 Å². The molecule has 31 heavy (non-hydrogen) atoms. The van der Waals surface area contributed by atoms with E-state index in [0.717, 1.165) is 11.3 Å². The quantitative estimate of drug-likeness (QED) is 0.161. The number of carbonyl (C=O) groups is 1. The molecule has 0 atom stereocenters. The SMILES string of the molecule is CCOC(=O)c1c(C)nc(SCc2ccc(OC)cc2)nc1-c1ccc([N+](=O)[O-])cc1. The van der Waals surface area contributed by atoms with Gasteiger partial charge < -0.3 is 9.47 Å². The van der Waals surface area contributed by atoms with Crippen molar-refractivity contribution in [3.8, 4) is 17.0 Å². The maximum absolute atomic E-state index is 12.6. The van der Waals surface area contributed by atoms with Gasteiger partial charge in [-0.1, -0.05) is 23.9 Å². The first-order valence-electron chi connectivity index (χ1n) is 9.49. The molecular weight excluding hydrogens is 418 g/mol. The van der Waals surface area contributed by atoms with E-state index in [1.54, 1.807) is 33.1 Å². The van der Waals surface area contributed by atoms with Crippen molar-refractivity contribution in [2.75, 3.05) is 13.7 Å². The molecule has 0 aliphatic rings. The Hall–Kier alpha value is -3.46. The Kier molecular flexibility index (Phi) is 7.19. The summed E-state index contributed by atoms with van der Waals surface area (Å²) in [6, 6.07) is 13.6. The highest BCUT2D eigenvalue weighted by atomic mass is 32.2. The van der Waals surface area contributed by atoms with Gasteiger partial charge in [0, 0.05) is 23.4 Å². The molecule has 8 nitrogen and oxygen atoms in total. The van der Waals surface area contributed by atoms with E-state index < -0.39 is 10.9 Å². The number of hydrogen-bond acceptors (Lipinski definition) is 8. The Balaban J connectivity index is 1.95. The van der Waals surface area contributed by atoms with Crippen LogP contribution in [0, 0.1) is 17.0 Å². The Morgan fingerprint density at radius 2 is 1.77 bits per heavy atom. The second-order valence-corrected chi connectivity index (χ2v) is 7.42. The number of thioether (sulfide) groups is 1. The lowest BCUT2D eigenvalue weighted by molar-refractivity contribution is -0.384. The van der Waals surface area contributed by atoms with Crippen molar-refractivity contribution in [1.29, 1.82) is 0 Å². The minimum Gasteiger partial charge on any atom is -0.497 e. The molecule has 3 rings (SSSR count). The number of ether oxygens (including phenoxy) is 2. The van der Waals surface area contributed by atoms with Gasteiger partial charge in [0.1, 0.15) is 11.3 Å². The first-order valence-corrected chi connectivity index (χ1v) is 10.5. The summed E-state index contributed by atoms with van der Waals surface area (Å²) in [7, 11) is 1.62. The van der Waals surface area contributed by atoms with E-state index >= 15 is 0 Å². The van der Waals surface area contributed by atoms with Crippen molar-refractivity contribution < 1.29 is 19.2 Å².